The number of rotatable bonds is 6. The highest BCUT2D eigenvalue weighted by atomic mass is 16.7. The molecule has 0 radical (unpaired) electrons. The molecule has 1 saturated heterocycles. The second kappa shape index (κ2) is 8.20. The monoisotopic (exact) mass is 357 g/mol. The van der Waals surface area contributed by atoms with Crippen molar-refractivity contribution < 1.29 is 14.3 Å². The van der Waals surface area contributed by atoms with Gasteiger partial charge in [0.2, 0.25) is 0 Å². The first-order chi connectivity index (χ1) is 12.5. The molecule has 0 bridgehead atoms. The first-order valence-electron chi connectivity index (χ1n) is 8.62. The summed E-state index contributed by atoms with van der Waals surface area (Å²) in [7, 11) is 0. The third-order valence-corrected chi connectivity index (χ3v) is 4.08. The minimum Gasteiger partial charge on any atom is -0.348 e. The van der Waals surface area contributed by atoms with Crippen molar-refractivity contribution in [2.75, 3.05) is 25.1 Å². The lowest BCUT2D eigenvalue weighted by molar-refractivity contribution is -0.153. The number of anilines is 1. The lowest BCUT2D eigenvalue weighted by Crippen LogP contribution is -2.36. The smallest absolute Gasteiger partial charge is 0.321 e. The van der Waals surface area contributed by atoms with Crippen molar-refractivity contribution in [1.29, 1.82) is 0 Å². The van der Waals surface area contributed by atoms with Crippen LogP contribution in [0.5, 0.6) is 0 Å². The zero-order chi connectivity index (χ0) is 18.4. The van der Waals surface area contributed by atoms with Gasteiger partial charge in [-0.3, -0.25) is 5.32 Å². The van der Waals surface area contributed by atoms with E-state index in [0.29, 0.717) is 31.9 Å². The van der Waals surface area contributed by atoms with Crippen molar-refractivity contribution in [3.8, 4) is 11.3 Å². The highest BCUT2D eigenvalue weighted by Gasteiger charge is 2.32. The van der Waals surface area contributed by atoms with E-state index < -0.39 is 5.79 Å². The van der Waals surface area contributed by atoms with Crippen LogP contribution in [0.15, 0.2) is 36.5 Å². The van der Waals surface area contributed by atoms with Crippen LogP contribution in [0, 0.1) is 5.92 Å². The molecule has 0 saturated carbocycles. The SMILES string of the molecule is C[C@@H](CNC(=O)Nc1nncc(-c2ccccc2)n1)CC1(C)OCCO1. The van der Waals surface area contributed by atoms with Gasteiger partial charge in [-0.2, -0.15) is 5.10 Å². The minimum absolute atomic E-state index is 0.158. The van der Waals surface area contributed by atoms with Gasteiger partial charge in [0.25, 0.3) is 5.95 Å². The van der Waals surface area contributed by atoms with Crippen LogP contribution in [0.1, 0.15) is 20.3 Å². The molecule has 1 aromatic heterocycles. The first kappa shape index (κ1) is 18.2. The van der Waals surface area contributed by atoms with Gasteiger partial charge in [0.1, 0.15) is 0 Å². The van der Waals surface area contributed by atoms with E-state index in [-0.39, 0.29) is 17.9 Å². The zero-order valence-electron chi connectivity index (χ0n) is 14.9. The molecule has 2 aromatic rings. The van der Waals surface area contributed by atoms with Crippen LogP contribution in [0.2, 0.25) is 0 Å². The number of carbonyl (C=O) groups excluding carboxylic acids is 1. The van der Waals surface area contributed by atoms with E-state index >= 15 is 0 Å². The Kier molecular flexibility index (Phi) is 5.75. The van der Waals surface area contributed by atoms with Gasteiger partial charge in [-0.25, -0.2) is 9.78 Å². The number of urea groups is 1. The van der Waals surface area contributed by atoms with Gasteiger partial charge in [-0.15, -0.1) is 5.10 Å². The Balaban J connectivity index is 1.50. The number of nitrogens with one attached hydrogen (secondary N) is 2. The van der Waals surface area contributed by atoms with Gasteiger partial charge >= 0.3 is 6.03 Å². The fourth-order valence-corrected chi connectivity index (χ4v) is 2.90. The lowest BCUT2D eigenvalue weighted by Gasteiger charge is -2.25. The van der Waals surface area contributed by atoms with E-state index in [0.717, 1.165) is 5.56 Å². The molecule has 1 fully saturated rings. The van der Waals surface area contributed by atoms with E-state index in [4.69, 9.17) is 9.47 Å². The Labute approximate surface area is 152 Å². The van der Waals surface area contributed by atoms with Crippen LogP contribution in [-0.2, 0) is 9.47 Å². The Morgan fingerprint density at radius 1 is 1.27 bits per heavy atom. The molecule has 1 aliphatic rings. The number of nitrogens with zero attached hydrogens (tertiary/aromatic N) is 3. The fraction of sp³-hybridized carbons (Fsp3) is 0.444. The average Bonchev–Trinajstić information content (AvgIpc) is 3.07. The molecule has 0 unspecified atom stereocenters. The van der Waals surface area contributed by atoms with Crippen molar-refractivity contribution in [1.82, 2.24) is 20.5 Å². The molecular weight excluding hydrogens is 334 g/mol. The number of hydrogen-bond acceptors (Lipinski definition) is 6. The highest BCUT2D eigenvalue weighted by Crippen LogP contribution is 2.26. The largest absolute Gasteiger partial charge is 0.348 e. The Morgan fingerprint density at radius 2 is 2.00 bits per heavy atom. The Morgan fingerprint density at radius 3 is 2.73 bits per heavy atom. The van der Waals surface area contributed by atoms with Gasteiger partial charge in [-0.05, 0) is 12.8 Å². The molecule has 8 heteroatoms. The molecule has 2 amide bonds. The zero-order valence-corrected chi connectivity index (χ0v) is 14.9. The minimum atomic E-state index is -0.561. The van der Waals surface area contributed by atoms with Crippen molar-refractivity contribution in [3.05, 3.63) is 36.5 Å². The van der Waals surface area contributed by atoms with Crippen LogP contribution in [-0.4, -0.2) is 46.8 Å². The van der Waals surface area contributed by atoms with E-state index in [2.05, 4.69) is 25.8 Å². The number of carbonyl (C=O) groups is 1. The summed E-state index contributed by atoms with van der Waals surface area (Å²) in [5.74, 6) is -0.210. The predicted octanol–water partition coefficient (Wildman–Crippen LogP) is 2.45. The van der Waals surface area contributed by atoms with E-state index in [1.807, 2.05) is 44.2 Å². The summed E-state index contributed by atoms with van der Waals surface area (Å²) in [5, 5.41) is 13.2. The molecule has 1 aliphatic heterocycles. The summed E-state index contributed by atoms with van der Waals surface area (Å²) in [6.07, 6.45) is 2.26. The van der Waals surface area contributed by atoms with Crippen LogP contribution < -0.4 is 10.6 Å². The first-order valence-corrected chi connectivity index (χ1v) is 8.62. The maximum atomic E-state index is 12.1. The molecule has 2 heterocycles. The number of hydrogen-bond donors (Lipinski definition) is 2. The summed E-state index contributed by atoms with van der Waals surface area (Å²) in [4.78, 5) is 16.4. The molecule has 8 nitrogen and oxygen atoms in total. The second-order valence-electron chi connectivity index (χ2n) is 6.51. The van der Waals surface area contributed by atoms with Gasteiger partial charge in [0.15, 0.2) is 5.79 Å². The third kappa shape index (κ3) is 4.96. The average molecular weight is 357 g/mol. The summed E-state index contributed by atoms with van der Waals surface area (Å²) < 4.78 is 11.2. The van der Waals surface area contributed by atoms with Crippen molar-refractivity contribution in [2.24, 2.45) is 5.92 Å². The van der Waals surface area contributed by atoms with Gasteiger partial charge < -0.3 is 14.8 Å². The number of benzene rings is 1. The van der Waals surface area contributed by atoms with Gasteiger partial charge in [0, 0.05) is 18.5 Å². The van der Waals surface area contributed by atoms with Crippen molar-refractivity contribution in [3.63, 3.8) is 0 Å². The molecule has 0 aliphatic carbocycles. The Hall–Kier alpha value is -2.58. The topological polar surface area (TPSA) is 98.3 Å². The maximum Gasteiger partial charge on any atom is 0.321 e. The van der Waals surface area contributed by atoms with Gasteiger partial charge in [-0.1, -0.05) is 37.3 Å². The standard InChI is InChI=1S/C18H23N5O3/c1-13(10-18(2)25-8-9-26-18)11-19-17(24)22-16-21-15(12-20-23-16)14-6-4-3-5-7-14/h3-7,12-13H,8-11H2,1-2H3,(H2,19,21,22,23,24)/t13-/m1/s1. The molecule has 26 heavy (non-hydrogen) atoms. The second-order valence-corrected chi connectivity index (χ2v) is 6.51. The van der Waals surface area contributed by atoms with Crippen LogP contribution in [0.4, 0.5) is 10.7 Å². The number of ether oxygens (including phenoxy) is 2. The van der Waals surface area contributed by atoms with Crippen LogP contribution in [0.3, 0.4) is 0 Å². The van der Waals surface area contributed by atoms with Crippen LogP contribution in [0.25, 0.3) is 11.3 Å². The summed E-state index contributed by atoms with van der Waals surface area (Å²) in [6.45, 7) is 5.66. The Bertz CT molecular complexity index is 735. The molecule has 3 rings (SSSR count). The van der Waals surface area contributed by atoms with Crippen molar-refractivity contribution >= 4 is 12.0 Å². The quantitative estimate of drug-likeness (QED) is 0.824. The maximum absolute atomic E-state index is 12.1. The number of aromatic nitrogens is 3. The highest BCUT2D eigenvalue weighted by molar-refractivity contribution is 5.87. The third-order valence-electron chi connectivity index (χ3n) is 4.08. The van der Waals surface area contributed by atoms with Crippen molar-refractivity contribution in [2.45, 2.75) is 26.1 Å². The summed E-state index contributed by atoms with van der Waals surface area (Å²) in [5.41, 5.74) is 1.55. The summed E-state index contributed by atoms with van der Waals surface area (Å²) in [6, 6.07) is 9.22. The number of amides is 2. The predicted molar refractivity (Wildman–Crippen MR) is 96.4 cm³/mol. The molecular formula is C18H23N5O3. The van der Waals surface area contributed by atoms with E-state index in [9.17, 15) is 4.79 Å². The molecule has 138 valence electrons. The van der Waals surface area contributed by atoms with E-state index in [1.165, 1.54) is 0 Å². The van der Waals surface area contributed by atoms with Gasteiger partial charge in [0.05, 0.1) is 25.1 Å². The normalized spacial score (nSPS) is 16.8. The lowest BCUT2D eigenvalue weighted by atomic mass is 10.0. The van der Waals surface area contributed by atoms with E-state index in [1.54, 1.807) is 6.20 Å². The molecule has 1 atom stereocenters. The summed E-state index contributed by atoms with van der Waals surface area (Å²) >= 11 is 0. The molecule has 2 N–H and O–H groups in total. The van der Waals surface area contributed by atoms with Crippen LogP contribution >= 0.6 is 0 Å². The molecule has 1 aromatic carbocycles. The molecule has 0 spiro atoms. The fourth-order valence-electron chi connectivity index (χ4n) is 2.90.